The second-order valence-corrected chi connectivity index (χ2v) is 10.2. The summed E-state index contributed by atoms with van der Waals surface area (Å²) in [4.78, 5) is 44.4. The SMILES string of the molecule is COc1ccc(N(C(=O)c2snc(C(N)=O)c2N)C(C(=O)NC(C)(C)C)c2c[nH]c3ccccc23)cc1. The first kappa shape index (κ1) is 25.7. The fraction of sp³-hybridized carbons (Fsp3) is 0.231. The number of hydrogen-bond acceptors (Lipinski definition) is 7. The Balaban J connectivity index is 1.95. The van der Waals surface area contributed by atoms with E-state index in [9.17, 15) is 14.4 Å². The van der Waals surface area contributed by atoms with Gasteiger partial charge in [-0.2, -0.15) is 4.37 Å². The van der Waals surface area contributed by atoms with E-state index in [0.29, 0.717) is 17.0 Å². The summed E-state index contributed by atoms with van der Waals surface area (Å²) < 4.78 is 9.26. The number of nitrogens with two attached hydrogens (primary N) is 2. The van der Waals surface area contributed by atoms with Gasteiger partial charge in [-0.25, -0.2) is 0 Å². The van der Waals surface area contributed by atoms with E-state index in [2.05, 4.69) is 14.7 Å². The number of carbonyl (C=O) groups excluding carboxylic acids is 3. The second-order valence-electron chi connectivity index (χ2n) is 9.44. The van der Waals surface area contributed by atoms with Crippen molar-refractivity contribution in [2.45, 2.75) is 32.4 Å². The van der Waals surface area contributed by atoms with Gasteiger partial charge in [0.2, 0.25) is 5.91 Å². The maximum absolute atomic E-state index is 14.1. The number of methoxy groups -OCH3 is 1. The monoisotopic (exact) mass is 520 g/mol. The number of nitrogens with one attached hydrogen (secondary N) is 2. The minimum absolute atomic E-state index is 0.00184. The molecule has 1 unspecified atom stereocenters. The fourth-order valence-corrected chi connectivity index (χ4v) is 4.76. The molecule has 11 heteroatoms. The molecule has 0 spiro atoms. The number of benzene rings is 2. The van der Waals surface area contributed by atoms with E-state index in [1.807, 2.05) is 45.0 Å². The number of amides is 3. The molecule has 192 valence electrons. The van der Waals surface area contributed by atoms with E-state index in [-0.39, 0.29) is 16.3 Å². The summed E-state index contributed by atoms with van der Waals surface area (Å²) in [6.45, 7) is 5.57. The number of primary amides is 1. The van der Waals surface area contributed by atoms with Crippen molar-refractivity contribution in [1.82, 2.24) is 14.7 Å². The number of ether oxygens (including phenoxy) is 1. The van der Waals surface area contributed by atoms with E-state index in [1.165, 1.54) is 12.0 Å². The highest BCUT2D eigenvalue weighted by molar-refractivity contribution is 7.09. The second kappa shape index (κ2) is 9.94. The quantitative estimate of drug-likeness (QED) is 0.292. The molecule has 0 fully saturated rings. The molecule has 0 bridgehead atoms. The Kier molecular flexibility index (Phi) is 6.90. The van der Waals surface area contributed by atoms with Crippen LogP contribution in [0.2, 0.25) is 0 Å². The highest BCUT2D eigenvalue weighted by atomic mass is 32.1. The van der Waals surface area contributed by atoms with Gasteiger partial charge in [-0.3, -0.25) is 19.3 Å². The Hall–Kier alpha value is -4.38. The van der Waals surface area contributed by atoms with Crippen LogP contribution in [0.3, 0.4) is 0 Å². The highest BCUT2D eigenvalue weighted by Crippen LogP contribution is 2.36. The van der Waals surface area contributed by atoms with Crippen molar-refractivity contribution in [2.24, 2.45) is 5.73 Å². The molecule has 0 aliphatic heterocycles. The zero-order chi connectivity index (χ0) is 26.9. The molecule has 3 amide bonds. The number of hydrogen-bond donors (Lipinski definition) is 4. The molecule has 0 aliphatic carbocycles. The van der Waals surface area contributed by atoms with E-state index < -0.39 is 29.3 Å². The number of para-hydroxylation sites is 1. The molecule has 4 rings (SSSR count). The topological polar surface area (TPSA) is 156 Å². The summed E-state index contributed by atoms with van der Waals surface area (Å²) in [5.74, 6) is -1.28. The van der Waals surface area contributed by atoms with Gasteiger partial charge in [-0.15, -0.1) is 0 Å². The number of aromatic nitrogens is 2. The largest absolute Gasteiger partial charge is 0.497 e. The average Bonchev–Trinajstić information content (AvgIpc) is 3.44. The van der Waals surface area contributed by atoms with E-state index >= 15 is 0 Å². The first-order valence-corrected chi connectivity index (χ1v) is 12.2. The molecule has 0 saturated carbocycles. The number of aromatic amines is 1. The standard InChI is InChI=1S/C26H28N6O4S/c1-26(2,3)30-24(34)21(17-13-29-18-8-6-5-7-16(17)18)32(14-9-11-15(36-4)12-10-14)25(35)22-19(27)20(23(28)33)31-37-22/h5-13,21,29H,27H2,1-4H3,(H2,28,33)(H,30,34). The lowest BCUT2D eigenvalue weighted by Crippen LogP contribution is -2.49. The molecule has 4 aromatic rings. The fourth-order valence-electron chi connectivity index (χ4n) is 4.02. The zero-order valence-electron chi connectivity index (χ0n) is 20.9. The molecule has 10 nitrogen and oxygen atoms in total. The van der Waals surface area contributed by atoms with Crippen LogP contribution in [0.15, 0.2) is 54.7 Å². The van der Waals surface area contributed by atoms with E-state index in [4.69, 9.17) is 16.2 Å². The molecule has 2 aromatic heterocycles. The van der Waals surface area contributed by atoms with Crippen LogP contribution in [-0.2, 0) is 4.79 Å². The summed E-state index contributed by atoms with van der Waals surface area (Å²) in [7, 11) is 1.53. The number of nitrogens with zero attached hydrogens (tertiary/aromatic N) is 2. The molecular formula is C26H28N6O4S. The summed E-state index contributed by atoms with van der Waals surface area (Å²) in [6.07, 6.45) is 1.71. The highest BCUT2D eigenvalue weighted by Gasteiger charge is 2.38. The summed E-state index contributed by atoms with van der Waals surface area (Å²) >= 11 is 0.755. The van der Waals surface area contributed by atoms with Gasteiger partial charge in [0.25, 0.3) is 11.8 Å². The Labute approximate surface area is 217 Å². The Morgan fingerprint density at radius 3 is 2.38 bits per heavy atom. The maximum atomic E-state index is 14.1. The van der Waals surface area contributed by atoms with Crippen molar-refractivity contribution in [3.8, 4) is 5.75 Å². The Morgan fingerprint density at radius 2 is 1.78 bits per heavy atom. The average molecular weight is 521 g/mol. The summed E-state index contributed by atoms with van der Waals surface area (Å²) in [6, 6.07) is 13.1. The van der Waals surface area contributed by atoms with Crippen molar-refractivity contribution < 1.29 is 19.1 Å². The van der Waals surface area contributed by atoms with Crippen LogP contribution in [0, 0.1) is 0 Å². The predicted octanol–water partition coefficient (Wildman–Crippen LogP) is 3.62. The van der Waals surface area contributed by atoms with Crippen molar-refractivity contribution in [2.75, 3.05) is 17.7 Å². The lowest BCUT2D eigenvalue weighted by Gasteiger charge is -2.33. The Bertz CT molecular complexity index is 1470. The van der Waals surface area contributed by atoms with Gasteiger partial charge in [-0.05, 0) is 62.6 Å². The molecule has 0 radical (unpaired) electrons. The zero-order valence-corrected chi connectivity index (χ0v) is 21.7. The first-order valence-electron chi connectivity index (χ1n) is 11.4. The van der Waals surface area contributed by atoms with Crippen molar-refractivity contribution in [1.29, 1.82) is 0 Å². The van der Waals surface area contributed by atoms with Gasteiger partial charge >= 0.3 is 0 Å². The van der Waals surface area contributed by atoms with Crippen LogP contribution in [-0.4, -0.2) is 39.7 Å². The van der Waals surface area contributed by atoms with E-state index in [1.54, 1.807) is 30.5 Å². The number of anilines is 2. The van der Waals surface area contributed by atoms with Crippen molar-refractivity contribution in [3.63, 3.8) is 0 Å². The number of nitrogen functional groups attached to an aromatic ring is 1. The smallest absolute Gasteiger partial charge is 0.273 e. The summed E-state index contributed by atoms with van der Waals surface area (Å²) in [5, 5.41) is 3.78. The molecule has 2 aromatic carbocycles. The maximum Gasteiger partial charge on any atom is 0.273 e. The number of fused-ring (bicyclic) bond motifs is 1. The first-order chi connectivity index (χ1) is 17.5. The molecule has 0 saturated heterocycles. The van der Waals surface area contributed by atoms with E-state index in [0.717, 1.165) is 22.4 Å². The van der Waals surface area contributed by atoms with Gasteiger partial charge in [0.05, 0.1) is 12.8 Å². The molecule has 2 heterocycles. The van der Waals surface area contributed by atoms with Gasteiger partial charge < -0.3 is 26.5 Å². The van der Waals surface area contributed by atoms with Crippen LogP contribution in [0.5, 0.6) is 5.75 Å². The van der Waals surface area contributed by atoms with Crippen molar-refractivity contribution >= 4 is 51.5 Å². The molecular weight excluding hydrogens is 492 g/mol. The number of carbonyl (C=O) groups is 3. The number of H-pyrrole nitrogens is 1. The molecule has 0 aliphatic rings. The molecule has 1 atom stereocenters. The normalized spacial score (nSPS) is 12.2. The summed E-state index contributed by atoms with van der Waals surface area (Å²) in [5.41, 5.74) is 12.4. The van der Waals surface area contributed by atoms with Gasteiger partial charge in [0, 0.05) is 33.9 Å². The Morgan fingerprint density at radius 1 is 1.11 bits per heavy atom. The minimum Gasteiger partial charge on any atom is -0.497 e. The lowest BCUT2D eigenvalue weighted by molar-refractivity contribution is -0.123. The third kappa shape index (κ3) is 5.12. The van der Waals surface area contributed by atoms with Crippen LogP contribution >= 0.6 is 11.5 Å². The van der Waals surface area contributed by atoms with Crippen molar-refractivity contribution in [3.05, 3.63) is 70.9 Å². The lowest BCUT2D eigenvalue weighted by atomic mass is 9.99. The predicted molar refractivity (Wildman–Crippen MR) is 144 cm³/mol. The minimum atomic E-state index is -1.10. The third-order valence-electron chi connectivity index (χ3n) is 5.65. The third-order valence-corrected chi connectivity index (χ3v) is 6.50. The molecule has 37 heavy (non-hydrogen) atoms. The van der Waals surface area contributed by atoms with Crippen LogP contribution in [0.25, 0.3) is 10.9 Å². The van der Waals surface area contributed by atoms with Crippen LogP contribution in [0.4, 0.5) is 11.4 Å². The van der Waals surface area contributed by atoms with Gasteiger partial charge in [0.1, 0.15) is 16.7 Å². The molecule has 6 N–H and O–H groups in total. The number of rotatable bonds is 7. The van der Waals surface area contributed by atoms with Gasteiger partial charge in [0.15, 0.2) is 5.69 Å². The van der Waals surface area contributed by atoms with Gasteiger partial charge in [-0.1, -0.05) is 18.2 Å². The van der Waals surface area contributed by atoms with Crippen LogP contribution < -0.4 is 26.4 Å². The van der Waals surface area contributed by atoms with Crippen LogP contribution in [0.1, 0.15) is 52.5 Å².